The first-order chi connectivity index (χ1) is 18.8. The predicted octanol–water partition coefficient (Wildman–Crippen LogP) is 6.14. The maximum absolute atomic E-state index is 14.1. The summed E-state index contributed by atoms with van der Waals surface area (Å²) in [7, 11) is -4.22. The van der Waals surface area contributed by atoms with Gasteiger partial charge in [-0.1, -0.05) is 72.1 Å². The van der Waals surface area contributed by atoms with E-state index < -0.39 is 28.5 Å². The first-order valence-electron chi connectivity index (χ1n) is 13.0. The lowest BCUT2D eigenvalue weighted by molar-refractivity contribution is -0.140. The van der Waals surface area contributed by atoms with Gasteiger partial charge in [0.25, 0.3) is 10.0 Å². The number of nitrogens with one attached hydrogen (secondary N) is 1. The molecule has 40 heavy (non-hydrogen) atoms. The fourth-order valence-corrected chi connectivity index (χ4v) is 6.23. The molecule has 1 unspecified atom stereocenters. The molecule has 0 radical (unpaired) electrons. The summed E-state index contributed by atoms with van der Waals surface area (Å²) >= 11 is 12.5. The van der Waals surface area contributed by atoms with E-state index in [0.717, 1.165) is 21.0 Å². The Labute approximate surface area is 247 Å². The van der Waals surface area contributed by atoms with Crippen molar-refractivity contribution >= 4 is 50.7 Å². The molecule has 0 aromatic heterocycles. The molecule has 3 rings (SSSR count). The first-order valence-corrected chi connectivity index (χ1v) is 15.2. The lowest BCUT2D eigenvalue weighted by atomic mass is 10.1. The normalized spacial score (nSPS) is 12.2. The molecule has 0 saturated carbocycles. The Morgan fingerprint density at radius 2 is 1.52 bits per heavy atom. The number of halogens is 2. The van der Waals surface area contributed by atoms with Crippen molar-refractivity contribution in [3.8, 4) is 0 Å². The van der Waals surface area contributed by atoms with Gasteiger partial charge in [0.15, 0.2) is 0 Å². The second-order valence-corrected chi connectivity index (χ2v) is 12.7. The van der Waals surface area contributed by atoms with Crippen molar-refractivity contribution in [2.45, 2.75) is 64.6 Å². The van der Waals surface area contributed by atoms with Gasteiger partial charge < -0.3 is 10.2 Å². The summed E-state index contributed by atoms with van der Waals surface area (Å²) < 4.78 is 28.9. The van der Waals surface area contributed by atoms with Crippen molar-refractivity contribution in [3.63, 3.8) is 0 Å². The molecule has 1 N–H and O–H groups in total. The number of hydrogen-bond acceptors (Lipinski definition) is 4. The second kappa shape index (κ2) is 13.5. The molecule has 214 valence electrons. The summed E-state index contributed by atoms with van der Waals surface area (Å²) in [5, 5.41) is 3.33. The summed E-state index contributed by atoms with van der Waals surface area (Å²) in [5.74, 6) is -0.848. The van der Waals surface area contributed by atoms with Gasteiger partial charge in [0, 0.05) is 22.6 Å². The zero-order valence-corrected chi connectivity index (χ0v) is 25.6. The van der Waals surface area contributed by atoms with E-state index in [9.17, 15) is 18.0 Å². The van der Waals surface area contributed by atoms with E-state index in [2.05, 4.69) is 5.32 Å². The van der Waals surface area contributed by atoms with Crippen LogP contribution in [0.25, 0.3) is 0 Å². The number of rotatable bonds is 11. The molecular weight excluding hydrogens is 569 g/mol. The topological polar surface area (TPSA) is 86.8 Å². The van der Waals surface area contributed by atoms with Crippen LogP contribution in [0, 0.1) is 13.8 Å². The highest BCUT2D eigenvalue weighted by Crippen LogP contribution is 2.30. The van der Waals surface area contributed by atoms with Gasteiger partial charge in [-0.05, 0) is 75.6 Å². The Kier molecular flexibility index (Phi) is 10.6. The summed E-state index contributed by atoms with van der Waals surface area (Å²) in [6, 6.07) is 17.3. The van der Waals surface area contributed by atoms with Gasteiger partial charge in [-0.2, -0.15) is 0 Å². The van der Waals surface area contributed by atoms with Crippen LogP contribution in [0.2, 0.25) is 10.0 Å². The van der Waals surface area contributed by atoms with Crippen LogP contribution in [-0.2, 0) is 26.2 Å². The monoisotopic (exact) mass is 603 g/mol. The van der Waals surface area contributed by atoms with Crippen molar-refractivity contribution in [3.05, 3.63) is 93.5 Å². The third kappa shape index (κ3) is 7.77. The quantitative estimate of drug-likeness (QED) is 0.285. The highest BCUT2D eigenvalue weighted by atomic mass is 35.5. The molecule has 0 aliphatic carbocycles. The summed E-state index contributed by atoms with van der Waals surface area (Å²) in [5.41, 5.74) is 2.83. The van der Waals surface area contributed by atoms with Crippen molar-refractivity contribution in [2.75, 3.05) is 10.8 Å². The van der Waals surface area contributed by atoms with Crippen molar-refractivity contribution in [1.82, 2.24) is 10.2 Å². The largest absolute Gasteiger partial charge is 0.352 e. The minimum absolute atomic E-state index is 0.0112. The molecule has 7 nitrogen and oxygen atoms in total. The molecule has 2 amide bonds. The fourth-order valence-electron chi connectivity index (χ4n) is 4.32. The van der Waals surface area contributed by atoms with Gasteiger partial charge in [-0.25, -0.2) is 8.42 Å². The van der Waals surface area contributed by atoms with Gasteiger partial charge in [0.2, 0.25) is 11.8 Å². The van der Waals surface area contributed by atoms with Crippen LogP contribution in [0.5, 0.6) is 0 Å². The Balaban J connectivity index is 2.11. The summed E-state index contributed by atoms with van der Waals surface area (Å²) in [4.78, 5) is 28.8. The van der Waals surface area contributed by atoms with Gasteiger partial charge in [-0.15, -0.1) is 0 Å². The standard InChI is InChI=1S/C30H35Cl2N3O4S/c1-6-28(30(37)33-20(2)3)34(18-23-10-8-7-9-22(23)5)29(36)19-35(26-16-24(31)15-25(32)17-26)40(38,39)27-13-11-21(4)12-14-27/h7-17,20,28H,6,18-19H2,1-5H3,(H,33,37). The fraction of sp³-hybridized carbons (Fsp3) is 0.333. The van der Waals surface area contributed by atoms with Crippen LogP contribution in [0.1, 0.15) is 43.9 Å². The second-order valence-electron chi connectivity index (χ2n) is 9.99. The lowest BCUT2D eigenvalue weighted by Crippen LogP contribution is -2.53. The maximum atomic E-state index is 14.1. The molecule has 1 atom stereocenters. The number of benzene rings is 3. The average molecular weight is 605 g/mol. The molecule has 0 aliphatic rings. The van der Waals surface area contributed by atoms with Crippen LogP contribution >= 0.6 is 23.2 Å². The molecule has 10 heteroatoms. The van der Waals surface area contributed by atoms with E-state index in [1.165, 1.54) is 35.2 Å². The lowest BCUT2D eigenvalue weighted by Gasteiger charge is -2.34. The zero-order valence-electron chi connectivity index (χ0n) is 23.3. The molecular formula is C30H35Cl2N3O4S. The molecule has 0 heterocycles. The van der Waals surface area contributed by atoms with E-state index in [1.54, 1.807) is 12.1 Å². The minimum atomic E-state index is -4.22. The number of anilines is 1. The molecule has 0 bridgehead atoms. The Hall–Kier alpha value is -3.07. The predicted molar refractivity (Wildman–Crippen MR) is 161 cm³/mol. The van der Waals surface area contributed by atoms with E-state index in [1.807, 2.05) is 58.9 Å². The number of carbonyl (C=O) groups is 2. The highest BCUT2D eigenvalue weighted by molar-refractivity contribution is 7.92. The van der Waals surface area contributed by atoms with Crippen molar-refractivity contribution < 1.29 is 18.0 Å². The van der Waals surface area contributed by atoms with Crippen LogP contribution in [0.15, 0.2) is 71.6 Å². The summed E-state index contributed by atoms with van der Waals surface area (Å²) in [6.07, 6.45) is 0.337. The SMILES string of the molecule is CCC(C(=O)NC(C)C)N(Cc1ccccc1C)C(=O)CN(c1cc(Cl)cc(Cl)c1)S(=O)(=O)c1ccc(C)cc1. The number of sulfonamides is 1. The van der Waals surface area contributed by atoms with Crippen molar-refractivity contribution in [2.24, 2.45) is 0 Å². The van der Waals surface area contributed by atoms with Gasteiger partial charge in [0.1, 0.15) is 12.6 Å². The number of aryl methyl sites for hydroxylation is 2. The molecule has 0 spiro atoms. The third-order valence-corrected chi connectivity index (χ3v) is 8.67. The van der Waals surface area contributed by atoms with Crippen LogP contribution in [0.3, 0.4) is 0 Å². The highest BCUT2D eigenvalue weighted by Gasteiger charge is 2.34. The minimum Gasteiger partial charge on any atom is -0.352 e. The number of hydrogen-bond donors (Lipinski definition) is 1. The van der Waals surface area contributed by atoms with Crippen LogP contribution < -0.4 is 9.62 Å². The molecule has 3 aromatic carbocycles. The van der Waals surface area contributed by atoms with Gasteiger partial charge in [0.05, 0.1) is 10.6 Å². The molecule has 0 saturated heterocycles. The number of nitrogens with zero attached hydrogens (tertiary/aromatic N) is 2. The van der Waals surface area contributed by atoms with E-state index in [-0.39, 0.29) is 39.1 Å². The Bertz CT molecular complexity index is 1440. The number of carbonyl (C=O) groups excluding carboxylic acids is 2. The van der Waals surface area contributed by atoms with Gasteiger partial charge >= 0.3 is 0 Å². The molecule has 0 fully saturated rings. The van der Waals surface area contributed by atoms with Gasteiger partial charge in [-0.3, -0.25) is 13.9 Å². The van der Waals surface area contributed by atoms with Crippen LogP contribution in [0.4, 0.5) is 5.69 Å². The number of amides is 2. The smallest absolute Gasteiger partial charge is 0.264 e. The maximum Gasteiger partial charge on any atom is 0.264 e. The first kappa shape index (κ1) is 31.5. The Morgan fingerprint density at radius 1 is 0.925 bits per heavy atom. The Morgan fingerprint density at radius 3 is 2.08 bits per heavy atom. The molecule has 0 aliphatic heterocycles. The zero-order chi connectivity index (χ0) is 29.6. The molecule has 3 aromatic rings. The average Bonchev–Trinajstić information content (AvgIpc) is 2.87. The van der Waals surface area contributed by atoms with E-state index in [0.29, 0.717) is 6.42 Å². The van der Waals surface area contributed by atoms with Crippen molar-refractivity contribution in [1.29, 1.82) is 0 Å². The van der Waals surface area contributed by atoms with Crippen LogP contribution in [-0.4, -0.2) is 43.8 Å². The summed E-state index contributed by atoms with van der Waals surface area (Å²) in [6.45, 7) is 8.85. The third-order valence-electron chi connectivity index (χ3n) is 6.44. The van der Waals surface area contributed by atoms with E-state index >= 15 is 0 Å². The van der Waals surface area contributed by atoms with E-state index in [4.69, 9.17) is 23.2 Å².